The molecule has 0 radical (unpaired) electrons. The molecule has 0 heterocycles. The Morgan fingerprint density at radius 3 is 2.76 bits per heavy atom. The monoisotopic (exact) mass is 237 g/mol. The van der Waals surface area contributed by atoms with Crippen LogP contribution in [0.4, 0.5) is 0 Å². The van der Waals surface area contributed by atoms with Crippen LogP contribution >= 0.6 is 0 Å². The Labute approximate surface area is 102 Å². The van der Waals surface area contributed by atoms with Gasteiger partial charge < -0.3 is 15.2 Å². The van der Waals surface area contributed by atoms with E-state index >= 15 is 0 Å². The molecule has 4 nitrogen and oxygen atoms in total. The lowest BCUT2D eigenvalue weighted by atomic mass is 10.3. The van der Waals surface area contributed by atoms with Crippen molar-refractivity contribution in [1.82, 2.24) is 5.32 Å². The molecule has 2 N–H and O–H groups in total. The quantitative estimate of drug-likeness (QED) is 0.752. The van der Waals surface area contributed by atoms with Gasteiger partial charge in [0.05, 0.1) is 19.1 Å². The Balaban J connectivity index is 2.08. The molecule has 1 amide bonds. The van der Waals surface area contributed by atoms with Crippen LogP contribution in [0.15, 0.2) is 30.3 Å². The number of nitrogens with one attached hydrogen (secondary N) is 1. The normalized spacial score (nSPS) is 11.9. The highest BCUT2D eigenvalue weighted by molar-refractivity contribution is 5.75. The molecule has 1 aromatic rings. The summed E-state index contributed by atoms with van der Waals surface area (Å²) in [5.41, 5.74) is 0. The Morgan fingerprint density at radius 1 is 1.41 bits per heavy atom. The van der Waals surface area contributed by atoms with Gasteiger partial charge >= 0.3 is 0 Å². The maximum Gasteiger partial charge on any atom is 0.223 e. The number of hydrogen-bond donors (Lipinski definition) is 2. The highest BCUT2D eigenvalue weighted by atomic mass is 16.5. The second-order valence-electron chi connectivity index (χ2n) is 3.90. The van der Waals surface area contributed by atoms with Gasteiger partial charge in [0, 0.05) is 6.54 Å². The largest absolute Gasteiger partial charge is 0.493 e. The van der Waals surface area contributed by atoms with Crippen molar-refractivity contribution >= 4 is 5.91 Å². The minimum Gasteiger partial charge on any atom is -0.493 e. The van der Waals surface area contributed by atoms with E-state index in [1.54, 1.807) is 6.92 Å². The fraction of sp³-hybridized carbons (Fsp3) is 0.462. The van der Waals surface area contributed by atoms with Crippen LogP contribution in [0.1, 0.15) is 19.8 Å². The summed E-state index contributed by atoms with van der Waals surface area (Å²) in [6.45, 7) is 2.57. The van der Waals surface area contributed by atoms with Crippen molar-refractivity contribution in [1.29, 1.82) is 0 Å². The van der Waals surface area contributed by atoms with E-state index in [9.17, 15) is 4.79 Å². The molecular formula is C13H19NO3. The van der Waals surface area contributed by atoms with Crippen LogP contribution in [-0.2, 0) is 4.79 Å². The third kappa shape index (κ3) is 6.58. The Hall–Kier alpha value is -1.55. The summed E-state index contributed by atoms with van der Waals surface area (Å²) in [7, 11) is 0. The summed E-state index contributed by atoms with van der Waals surface area (Å²) >= 11 is 0. The van der Waals surface area contributed by atoms with Crippen LogP contribution in [0, 0.1) is 0 Å². The van der Waals surface area contributed by atoms with Crippen molar-refractivity contribution in [3.63, 3.8) is 0 Å². The number of amides is 1. The van der Waals surface area contributed by atoms with Gasteiger partial charge in [-0.1, -0.05) is 18.2 Å². The van der Waals surface area contributed by atoms with Crippen molar-refractivity contribution in [2.45, 2.75) is 25.9 Å². The Morgan fingerprint density at radius 2 is 2.12 bits per heavy atom. The first-order valence-electron chi connectivity index (χ1n) is 5.81. The lowest BCUT2D eigenvalue weighted by molar-refractivity contribution is -0.121. The van der Waals surface area contributed by atoms with E-state index in [-0.39, 0.29) is 12.0 Å². The lowest BCUT2D eigenvalue weighted by Crippen LogP contribution is -2.27. The van der Waals surface area contributed by atoms with Gasteiger partial charge in [0.25, 0.3) is 0 Å². The SMILES string of the molecule is CC(O)CCNC(=O)CCOc1ccccc1. The van der Waals surface area contributed by atoms with Crippen molar-refractivity contribution in [2.24, 2.45) is 0 Å². The molecule has 4 heteroatoms. The number of para-hydroxylation sites is 1. The number of hydrogen-bond acceptors (Lipinski definition) is 3. The zero-order valence-electron chi connectivity index (χ0n) is 10.1. The van der Waals surface area contributed by atoms with Crippen LogP contribution in [0.5, 0.6) is 5.75 Å². The average molecular weight is 237 g/mol. The van der Waals surface area contributed by atoms with E-state index in [2.05, 4.69) is 5.32 Å². The molecule has 94 valence electrons. The number of rotatable bonds is 7. The second-order valence-corrected chi connectivity index (χ2v) is 3.90. The third-order valence-electron chi connectivity index (χ3n) is 2.23. The highest BCUT2D eigenvalue weighted by Gasteiger charge is 2.02. The standard InChI is InChI=1S/C13H19NO3/c1-11(15)7-9-14-13(16)8-10-17-12-5-3-2-4-6-12/h2-6,11,15H,7-10H2,1H3,(H,14,16). The molecule has 0 spiro atoms. The molecular weight excluding hydrogens is 218 g/mol. The molecule has 0 aliphatic carbocycles. The third-order valence-corrected chi connectivity index (χ3v) is 2.23. The number of benzene rings is 1. The first-order chi connectivity index (χ1) is 8.18. The van der Waals surface area contributed by atoms with Crippen LogP contribution in [0.2, 0.25) is 0 Å². The Bertz CT molecular complexity index is 325. The summed E-state index contributed by atoms with van der Waals surface area (Å²) in [4.78, 5) is 11.3. The fourth-order valence-electron chi connectivity index (χ4n) is 1.29. The summed E-state index contributed by atoms with van der Waals surface area (Å²) in [5.74, 6) is 0.714. The van der Waals surface area contributed by atoms with Crippen molar-refractivity contribution in [3.05, 3.63) is 30.3 Å². The molecule has 1 rings (SSSR count). The van der Waals surface area contributed by atoms with Crippen LogP contribution in [-0.4, -0.2) is 30.3 Å². The molecule has 0 saturated heterocycles. The summed E-state index contributed by atoms with van der Waals surface area (Å²) in [6.07, 6.45) is 0.524. The van der Waals surface area contributed by atoms with Crippen molar-refractivity contribution in [3.8, 4) is 5.75 Å². The molecule has 1 aromatic carbocycles. The lowest BCUT2D eigenvalue weighted by Gasteiger charge is -2.08. The number of aliphatic hydroxyl groups excluding tert-OH is 1. The van der Waals surface area contributed by atoms with E-state index in [4.69, 9.17) is 9.84 Å². The van der Waals surface area contributed by atoms with E-state index < -0.39 is 0 Å². The van der Waals surface area contributed by atoms with E-state index in [0.29, 0.717) is 26.0 Å². The number of carbonyl (C=O) groups is 1. The van der Waals surface area contributed by atoms with Gasteiger partial charge in [-0.25, -0.2) is 0 Å². The van der Waals surface area contributed by atoms with Crippen molar-refractivity contribution in [2.75, 3.05) is 13.2 Å². The summed E-state index contributed by atoms with van der Waals surface area (Å²) in [6, 6.07) is 9.39. The molecule has 0 fully saturated rings. The minimum atomic E-state index is -0.379. The van der Waals surface area contributed by atoms with Crippen LogP contribution in [0.25, 0.3) is 0 Å². The second kappa shape index (κ2) is 7.68. The zero-order chi connectivity index (χ0) is 12.5. The maximum atomic E-state index is 11.3. The molecule has 0 aliphatic rings. The van der Waals surface area contributed by atoms with Crippen LogP contribution in [0.3, 0.4) is 0 Å². The predicted octanol–water partition coefficient (Wildman–Crippen LogP) is 1.34. The van der Waals surface area contributed by atoms with Gasteiger partial charge in [0.2, 0.25) is 5.91 Å². The summed E-state index contributed by atoms with van der Waals surface area (Å²) < 4.78 is 5.39. The zero-order valence-corrected chi connectivity index (χ0v) is 10.1. The van der Waals surface area contributed by atoms with Gasteiger partial charge in [0.15, 0.2) is 0 Å². The van der Waals surface area contributed by atoms with E-state index in [1.165, 1.54) is 0 Å². The van der Waals surface area contributed by atoms with Crippen molar-refractivity contribution < 1.29 is 14.6 Å². The average Bonchev–Trinajstić information content (AvgIpc) is 2.30. The fourth-order valence-corrected chi connectivity index (χ4v) is 1.29. The number of carbonyl (C=O) groups excluding carboxylic acids is 1. The number of ether oxygens (including phenoxy) is 1. The van der Waals surface area contributed by atoms with E-state index in [1.807, 2.05) is 30.3 Å². The predicted molar refractivity (Wildman–Crippen MR) is 65.9 cm³/mol. The number of aliphatic hydroxyl groups is 1. The van der Waals surface area contributed by atoms with Gasteiger partial charge in [-0.3, -0.25) is 4.79 Å². The first-order valence-corrected chi connectivity index (χ1v) is 5.81. The minimum absolute atomic E-state index is 0.0541. The molecule has 1 atom stereocenters. The maximum absolute atomic E-state index is 11.3. The Kier molecular flexibility index (Phi) is 6.10. The first kappa shape index (κ1) is 13.5. The molecule has 17 heavy (non-hydrogen) atoms. The molecule has 0 bridgehead atoms. The van der Waals surface area contributed by atoms with Gasteiger partial charge in [-0.2, -0.15) is 0 Å². The topological polar surface area (TPSA) is 58.6 Å². The van der Waals surface area contributed by atoms with Crippen LogP contribution < -0.4 is 10.1 Å². The summed E-state index contributed by atoms with van der Waals surface area (Å²) in [5, 5.41) is 11.7. The van der Waals surface area contributed by atoms with Gasteiger partial charge in [-0.05, 0) is 25.5 Å². The molecule has 1 unspecified atom stereocenters. The van der Waals surface area contributed by atoms with E-state index in [0.717, 1.165) is 5.75 Å². The van der Waals surface area contributed by atoms with Gasteiger partial charge in [-0.15, -0.1) is 0 Å². The molecule has 0 saturated carbocycles. The molecule has 0 aromatic heterocycles. The molecule has 0 aliphatic heterocycles. The van der Waals surface area contributed by atoms with Gasteiger partial charge in [0.1, 0.15) is 5.75 Å². The highest BCUT2D eigenvalue weighted by Crippen LogP contribution is 2.08. The smallest absolute Gasteiger partial charge is 0.223 e.